The molecule has 0 unspecified atom stereocenters. The molecule has 0 aliphatic carbocycles. The van der Waals surface area contributed by atoms with Crippen molar-refractivity contribution in [1.29, 1.82) is 5.26 Å². The van der Waals surface area contributed by atoms with Gasteiger partial charge in [0.1, 0.15) is 17.4 Å². The number of nitrogens with zero attached hydrogens (tertiary/aromatic N) is 2. The standard InChI is InChI=1S/C13H10BrFN2S/c1-17(7-10-5-9(14)8-18-10)13-4-2-3-12(15)11(13)6-16/h2-5,8H,7H2,1H3. The number of hydrogen-bond acceptors (Lipinski definition) is 3. The van der Waals surface area contributed by atoms with E-state index >= 15 is 0 Å². The maximum Gasteiger partial charge on any atom is 0.143 e. The fraction of sp³-hybridized carbons (Fsp3) is 0.154. The first-order valence-electron chi connectivity index (χ1n) is 5.24. The molecule has 0 N–H and O–H groups in total. The summed E-state index contributed by atoms with van der Waals surface area (Å²) in [7, 11) is 1.85. The van der Waals surface area contributed by atoms with Gasteiger partial charge in [0.2, 0.25) is 0 Å². The smallest absolute Gasteiger partial charge is 0.143 e. The van der Waals surface area contributed by atoms with Crippen molar-refractivity contribution in [3.05, 3.63) is 50.4 Å². The lowest BCUT2D eigenvalue weighted by Crippen LogP contribution is -2.17. The fourth-order valence-electron chi connectivity index (χ4n) is 1.70. The Bertz CT molecular complexity index is 603. The van der Waals surface area contributed by atoms with Gasteiger partial charge in [-0.2, -0.15) is 5.26 Å². The Labute approximate surface area is 117 Å². The largest absolute Gasteiger partial charge is 0.368 e. The maximum absolute atomic E-state index is 13.5. The molecule has 2 aromatic rings. The summed E-state index contributed by atoms with van der Waals surface area (Å²) in [4.78, 5) is 3.03. The molecule has 0 amide bonds. The second kappa shape index (κ2) is 5.51. The molecule has 2 nitrogen and oxygen atoms in total. The highest BCUT2D eigenvalue weighted by Gasteiger charge is 2.12. The molecule has 0 radical (unpaired) electrons. The van der Waals surface area contributed by atoms with Crippen molar-refractivity contribution < 1.29 is 4.39 Å². The summed E-state index contributed by atoms with van der Waals surface area (Å²) in [5.74, 6) is -0.478. The molecule has 0 spiro atoms. The van der Waals surface area contributed by atoms with Crippen LogP contribution in [0.2, 0.25) is 0 Å². The van der Waals surface area contributed by atoms with Crippen LogP contribution in [0.4, 0.5) is 10.1 Å². The van der Waals surface area contributed by atoms with Crippen LogP contribution in [0.25, 0.3) is 0 Å². The van der Waals surface area contributed by atoms with Crippen molar-refractivity contribution in [2.45, 2.75) is 6.54 Å². The minimum absolute atomic E-state index is 0.0932. The van der Waals surface area contributed by atoms with Gasteiger partial charge in [0, 0.05) is 21.8 Å². The van der Waals surface area contributed by atoms with Crippen LogP contribution in [0.15, 0.2) is 34.1 Å². The molecular formula is C13H10BrFN2S. The van der Waals surface area contributed by atoms with Crippen LogP contribution in [0, 0.1) is 17.1 Å². The van der Waals surface area contributed by atoms with Crippen LogP contribution in [-0.4, -0.2) is 7.05 Å². The first-order chi connectivity index (χ1) is 8.61. The second-order valence-corrected chi connectivity index (χ2v) is 5.74. The summed E-state index contributed by atoms with van der Waals surface area (Å²) in [6.07, 6.45) is 0. The Hall–Kier alpha value is -1.38. The Kier molecular flexibility index (Phi) is 4.00. The van der Waals surface area contributed by atoms with E-state index in [9.17, 15) is 4.39 Å². The fourth-order valence-corrected chi connectivity index (χ4v) is 3.20. The van der Waals surface area contributed by atoms with Gasteiger partial charge in [0.25, 0.3) is 0 Å². The molecule has 18 heavy (non-hydrogen) atoms. The summed E-state index contributed by atoms with van der Waals surface area (Å²) in [6, 6.07) is 8.61. The summed E-state index contributed by atoms with van der Waals surface area (Å²) in [5, 5.41) is 11.0. The molecule has 5 heteroatoms. The van der Waals surface area contributed by atoms with Crippen LogP contribution >= 0.6 is 27.3 Å². The summed E-state index contributed by atoms with van der Waals surface area (Å²) < 4.78 is 14.5. The van der Waals surface area contributed by atoms with Gasteiger partial charge in [-0.05, 0) is 34.1 Å². The Morgan fingerprint density at radius 2 is 2.28 bits per heavy atom. The van der Waals surface area contributed by atoms with Crippen molar-refractivity contribution in [2.24, 2.45) is 0 Å². The van der Waals surface area contributed by atoms with E-state index in [4.69, 9.17) is 5.26 Å². The van der Waals surface area contributed by atoms with Gasteiger partial charge >= 0.3 is 0 Å². The molecule has 0 saturated heterocycles. The SMILES string of the molecule is CN(Cc1cc(Br)cs1)c1cccc(F)c1C#N. The second-order valence-electron chi connectivity index (χ2n) is 3.83. The molecule has 0 aliphatic rings. The molecule has 1 aromatic heterocycles. The molecule has 1 heterocycles. The topological polar surface area (TPSA) is 27.0 Å². The average molecular weight is 325 g/mol. The van der Waals surface area contributed by atoms with E-state index in [0.29, 0.717) is 12.2 Å². The zero-order chi connectivity index (χ0) is 13.1. The number of thiophene rings is 1. The van der Waals surface area contributed by atoms with E-state index in [1.807, 2.05) is 29.5 Å². The molecule has 0 fully saturated rings. The molecule has 0 saturated carbocycles. The Morgan fingerprint density at radius 3 is 2.89 bits per heavy atom. The van der Waals surface area contributed by atoms with Gasteiger partial charge in [-0.15, -0.1) is 11.3 Å². The minimum Gasteiger partial charge on any atom is -0.368 e. The van der Waals surface area contributed by atoms with Gasteiger partial charge in [0.05, 0.1) is 12.2 Å². The predicted molar refractivity (Wildman–Crippen MR) is 75.2 cm³/mol. The van der Waals surface area contributed by atoms with Crippen molar-refractivity contribution in [3.8, 4) is 6.07 Å². The van der Waals surface area contributed by atoms with Gasteiger partial charge in [0.15, 0.2) is 0 Å². The molecular weight excluding hydrogens is 315 g/mol. The minimum atomic E-state index is -0.478. The molecule has 0 atom stereocenters. The molecule has 92 valence electrons. The van der Waals surface area contributed by atoms with Gasteiger partial charge in [-0.1, -0.05) is 6.07 Å². The zero-order valence-corrected chi connectivity index (χ0v) is 12.1. The predicted octanol–water partition coefficient (Wildman–Crippen LogP) is 4.16. The first kappa shape index (κ1) is 13.1. The van der Waals surface area contributed by atoms with Crippen LogP contribution in [-0.2, 0) is 6.54 Å². The number of hydrogen-bond donors (Lipinski definition) is 0. The van der Waals surface area contributed by atoms with Crippen molar-refractivity contribution in [3.63, 3.8) is 0 Å². The van der Waals surface area contributed by atoms with E-state index in [1.54, 1.807) is 23.5 Å². The lowest BCUT2D eigenvalue weighted by atomic mass is 10.1. The Morgan fingerprint density at radius 1 is 1.50 bits per heavy atom. The lowest BCUT2D eigenvalue weighted by Gasteiger charge is -2.19. The third-order valence-electron chi connectivity index (χ3n) is 2.53. The molecule has 2 rings (SSSR count). The van der Waals surface area contributed by atoms with Crippen LogP contribution in [0.5, 0.6) is 0 Å². The summed E-state index contributed by atoms with van der Waals surface area (Å²) in [5.41, 5.74) is 0.706. The molecule has 1 aromatic carbocycles. The third kappa shape index (κ3) is 2.71. The van der Waals surface area contributed by atoms with Crippen LogP contribution in [0.1, 0.15) is 10.4 Å². The van der Waals surface area contributed by atoms with E-state index in [0.717, 1.165) is 9.35 Å². The highest BCUT2D eigenvalue weighted by molar-refractivity contribution is 9.10. The van der Waals surface area contributed by atoms with E-state index in [1.165, 1.54) is 6.07 Å². The quantitative estimate of drug-likeness (QED) is 0.847. The Balaban J connectivity index is 2.27. The van der Waals surface area contributed by atoms with Gasteiger partial charge in [-0.3, -0.25) is 0 Å². The van der Waals surface area contributed by atoms with Crippen molar-refractivity contribution >= 4 is 33.0 Å². The number of rotatable bonds is 3. The average Bonchev–Trinajstić information content (AvgIpc) is 2.74. The highest BCUT2D eigenvalue weighted by Crippen LogP contribution is 2.26. The number of nitriles is 1. The van der Waals surface area contributed by atoms with Crippen molar-refractivity contribution in [1.82, 2.24) is 0 Å². The normalized spacial score (nSPS) is 10.1. The van der Waals surface area contributed by atoms with Gasteiger partial charge in [-0.25, -0.2) is 4.39 Å². The number of benzene rings is 1. The summed E-state index contributed by atoms with van der Waals surface area (Å²) in [6.45, 7) is 0.647. The first-order valence-corrected chi connectivity index (χ1v) is 6.91. The van der Waals surface area contributed by atoms with E-state index in [2.05, 4.69) is 15.9 Å². The highest BCUT2D eigenvalue weighted by atomic mass is 79.9. The molecule has 0 bridgehead atoms. The van der Waals surface area contributed by atoms with E-state index < -0.39 is 5.82 Å². The van der Waals surface area contributed by atoms with Gasteiger partial charge < -0.3 is 4.90 Å². The maximum atomic E-state index is 13.5. The third-order valence-corrected chi connectivity index (χ3v) is 4.21. The van der Waals surface area contributed by atoms with Crippen LogP contribution in [0.3, 0.4) is 0 Å². The van der Waals surface area contributed by atoms with E-state index in [-0.39, 0.29) is 5.56 Å². The van der Waals surface area contributed by atoms with Crippen molar-refractivity contribution in [2.75, 3.05) is 11.9 Å². The number of anilines is 1. The molecule has 0 aliphatic heterocycles. The zero-order valence-electron chi connectivity index (χ0n) is 9.65. The lowest BCUT2D eigenvalue weighted by molar-refractivity contribution is 0.623. The van der Waals surface area contributed by atoms with Crippen LogP contribution < -0.4 is 4.90 Å². The number of halogens is 2. The summed E-state index contributed by atoms with van der Waals surface area (Å²) >= 11 is 5.02. The monoisotopic (exact) mass is 324 g/mol.